The molecule has 0 aliphatic heterocycles. The Balaban J connectivity index is 2.27. The molecule has 0 bridgehead atoms. The monoisotopic (exact) mass is 224 g/mol. The smallest absolute Gasteiger partial charge is 0.306 e. The Bertz CT molecular complexity index is 377. The van der Waals surface area contributed by atoms with Gasteiger partial charge in [-0.1, -0.05) is 0 Å². The average molecular weight is 224 g/mol. The molecule has 0 aliphatic carbocycles. The molecule has 5 nitrogen and oxygen atoms in total. The maximum Gasteiger partial charge on any atom is 0.306 e. The van der Waals surface area contributed by atoms with Gasteiger partial charge in [0.25, 0.3) is 0 Å². The summed E-state index contributed by atoms with van der Waals surface area (Å²) in [7, 11) is 0. The highest BCUT2D eigenvalue weighted by molar-refractivity contribution is 5.95. The summed E-state index contributed by atoms with van der Waals surface area (Å²) in [5.74, 6) is -0.898. The average Bonchev–Trinajstić information content (AvgIpc) is 2.76. The lowest BCUT2D eigenvalue weighted by atomic mass is 10.2. The van der Waals surface area contributed by atoms with Crippen LogP contribution >= 0.6 is 0 Å². The molecule has 16 heavy (non-hydrogen) atoms. The van der Waals surface area contributed by atoms with Crippen molar-refractivity contribution in [3.05, 3.63) is 24.2 Å². The van der Waals surface area contributed by atoms with Crippen LogP contribution in [0.1, 0.15) is 30.3 Å². The van der Waals surface area contributed by atoms with Gasteiger partial charge in [0, 0.05) is 6.42 Å². The van der Waals surface area contributed by atoms with Gasteiger partial charge in [-0.15, -0.1) is 0 Å². The van der Waals surface area contributed by atoms with Crippen molar-refractivity contribution in [2.75, 3.05) is 6.61 Å². The molecule has 86 valence electrons. The molecule has 1 rings (SSSR count). The van der Waals surface area contributed by atoms with Crippen molar-refractivity contribution in [1.82, 2.24) is 0 Å². The van der Waals surface area contributed by atoms with Gasteiger partial charge in [-0.2, -0.15) is 0 Å². The molecule has 0 spiro atoms. The van der Waals surface area contributed by atoms with Crippen LogP contribution in [0.3, 0.4) is 0 Å². The lowest BCUT2D eigenvalue weighted by molar-refractivity contribution is -0.143. The molecule has 0 N–H and O–H groups in total. The molecule has 1 aromatic rings. The number of esters is 1. The Labute approximate surface area is 92.4 Å². The largest absolute Gasteiger partial charge is 0.461 e. The van der Waals surface area contributed by atoms with E-state index in [0.717, 1.165) is 0 Å². The van der Waals surface area contributed by atoms with Gasteiger partial charge < -0.3 is 13.9 Å². The third-order valence-electron chi connectivity index (χ3n) is 1.84. The highest BCUT2D eigenvalue weighted by Crippen LogP contribution is 2.02. The highest BCUT2D eigenvalue weighted by Gasteiger charge is 2.12. The Morgan fingerprint density at radius 3 is 2.62 bits per heavy atom. The summed E-state index contributed by atoms with van der Waals surface area (Å²) < 4.78 is 9.51. The van der Waals surface area contributed by atoms with Gasteiger partial charge in [-0.3, -0.25) is 9.59 Å². The molecular formula is C11H12O5. The van der Waals surface area contributed by atoms with E-state index in [9.17, 15) is 14.4 Å². The van der Waals surface area contributed by atoms with Crippen LogP contribution < -0.4 is 0 Å². The minimum Gasteiger partial charge on any atom is -0.461 e. The van der Waals surface area contributed by atoms with Crippen LogP contribution in [-0.2, 0) is 14.3 Å². The Morgan fingerprint density at radius 1 is 1.31 bits per heavy atom. The predicted molar refractivity (Wildman–Crippen MR) is 53.9 cm³/mol. The van der Waals surface area contributed by atoms with Crippen molar-refractivity contribution in [3.8, 4) is 0 Å². The number of hydrogen-bond donors (Lipinski definition) is 0. The summed E-state index contributed by atoms with van der Waals surface area (Å²) in [5, 5.41) is 0. The second-order valence-corrected chi connectivity index (χ2v) is 3.26. The van der Waals surface area contributed by atoms with Crippen LogP contribution in [0.2, 0.25) is 0 Å². The van der Waals surface area contributed by atoms with E-state index in [1.54, 1.807) is 6.07 Å². The number of ketones is 2. The molecule has 5 heteroatoms. The van der Waals surface area contributed by atoms with E-state index in [1.165, 1.54) is 19.3 Å². The van der Waals surface area contributed by atoms with Crippen LogP contribution in [0.4, 0.5) is 0 Å². The van der Waals surface area contributed by atoms with E-state index >= 15 is 0 Å². The number of ether oxygens (including phenoxy) is 1. The number of carbonyl (C=O) groups excluding carboxylic acids is 3. The first kappa shape index (κ1) is 12.2. The van der Waals surface area contributed by atoms with Crippen LogP contribution in [-0.4, -0.2) is 24.1 Å². The zero-order chi connectivity index (χ0) is 12.0. The summed E-state index contributed by atoms with van der Waals surface area (Å²) in [6.07, 6.45) is 1.50. The standard InChI is InChI=1S/C11H12O5/c1-8(12)4-5-11(14)16-7-9(13)10-3-2-6-15-10/h2-3,6H,4-5,7H2,1H3. The number of hydrogen-bond acceptors (Lipinski definition) is 5. The van der Waals surface area contributed by atoms with Crippen LogP contribution in [0.25, 0.3) is 0 Å². The van der Waals surface area contributed by atoms with Gasteiger partial charge in [0.1, 0.15) is 5.78 Å². The lowest BCUT2D eigenvalue weighted by Gasteiger charge is -2.01. The molecular weight excluding hydrogens is 212 g/mol. The van der Waals surface area contributed by atoms with Gasteiger partial charge in [-0.05, 0) is 19.1 Å². The van der Waals surface area contributed by atoms with Crippen molar-refractivity contribution in [2.45, 2.75) is 19.8 Å². The van der Waals surface area contributed by atoms with Crippen molar-refractivity contribution in [3.63, 3.8) is 0 Å². The molecule has 0 saturated heterocycles. The Morgan fingerprint density at radius 2 is 2.06 bits per heavy atom. The summed E-state index contributed by atoms with van der Waals surface area (Å²) >= 11 is 0. The maximum absolute atomic E-state index is 11.3. The number of carbonyl (C=O) groups is 3. The van der Waals surface area contributed by atoms with E-state index in [0.29, 0.717) is 0 Å². The third kappa shape index (κ3) is 4.08. The fourth-order valence-electron chi connectivity index (χ4n) is 1.00. The number of Topliss-reactive ketones (excluding diaryl/α,β-unsaturated/α-hetero) is 2. The molecule has 0 atom stereocenters. The van der Waals surface area contributed by atoms with E-state index in [2.05, 4.69) is 4.74 Å². The zero-order valence-electron chi connectivity index (χ0n) is 8.89. The van der Waals surface area contributed by atoms with Crippen LogP contribution in [0.15, 0.2) is 22.8 Å². The summed E-state index contributed by atoms with van der Waals surface area (Å²) in [4.78, 5) is 33.0. The summed E-state index contributed by atoms with van der Waals surface area (Å²) in [6, 6.07) is 3.07. The van der Waals surface area contributed by atoms with Gasteiger partial charge in [0.05, 0.1) is 12.7 Å². The Hall–Kier alpha value is -1.91. The Kier molecular flexibility index (Phi) is 4.44. The summed E-state index contributed by atoms with van der Waals surface area (Å²) in [5.41, 5.74) is 0. The van der Waals surface area contributed by atoms with Gasteiger partial charge in [0.15, 0.2) is 12.4 Å². The second kappa shape index (κ2) is 5.85. The third-order valence-corrected chi connectivity index (χ3v) is 1.84. The predicted octanol–water partition coefficient (Wildman–Crippen LogP) is 1.37. The van der Waals surface area contributed by atoms with Gasteiger partial charge in [0.2, 0.25) is 5.78 Å². The first-order chi connectivity index (χ1) is 7.59. The van der Waals surface area contributed by atoms with E-state index in [1.807, 2.05) is 0 Å². The molecule has 1 heterocycles. The normalized spacial score (nSPS) is 9.81. The van der Waals surface area contributed by atoms with Crippen LogP contribution in [0, 0.1) is 0 Å². The van der Waals surface area contributed by atoms with E-state index < -0.39 is 11.8 Å². The second-order valence-electron chi connectivity index (χ2n) is 3.26. The van der Waals surface area contributed by atoms with Crippen molar-refractivity contribution in [2.24, 2.45) is 0 Å². The molecule has 0 saturated carbocycles. The topological polar surface area (TPSA) is 73.6 Å². The van der Waals surface area contributed by atoms with E-state index in [4.69, 9.17) is 4.42 Å². The molecule has 0 aliphatic rings. The molecule has 0 fully saturated rings. The highest BCUT2D eigenvalue weighted by atomic mass is 16.5. The fourth-order valence-corrected chi connectivity index (χ4v) is 1.00. The summed E-state index contributed by atoms with van der Waals surface area (Å²) in [6.45, 7) is 1.03. The number of furan rings is 1. The minimum absolute atomic E-state index is 0.000762. The molecule has 0 amide bonds. The maximum atomic E-state index is 11.3. The van der Waals surface area contributed by atoms with Gasteiger partial charge in [-0.25, -0.2) is 0 Å². The van der Waals surface area contributed by atoms with Gasteiger partial charge >= 0.3 is 5.97 Å². The molecule has 0 aromatic carbocycles. The zero-order valence-corrected chi connectivity index (χ0v) is 8.89. The first-order valence-corrected chi connectivity index (χ1v) is 4.81. The molecule has 1 aromatic heterocycles. The fraction of sp³-hybridized carbons (Fsp3) is 0.364. The molecule has 0 unspecified atom stereocenters. The first-order valence-electron chi connectivity index (χ1n) is 4.81. The van der Waals surface area contributed by atoms with Crippen molar-refractivity contribution < 1.29 is 23.5 Å². The van der Waals surface area contributed by atoms with Crippen molar-refractivity contribution >= 4 is 17.5 Å². The minimum atomic E-state index is -0.560. The van der Waals surface area contributed by atoms with Crippen LogP contribution in [0.5, 0.6) is 0 Å². The molecule has 0 radical (unpaired) electrons. The van der Waals surface area contributed by atoms with Crippen molar-refractivity contribution in [1.29, 1.82) is 0 Å². The van der Waals surface area contributed by atoms with E-state index in [-0.39, 0.29) is 31.0 Å². The lowest BCUT2D eigenvalue weighted by Crippen LogP contribution is -2.14. The number of rotatable bonds is 6. The quantitative estimate of drug-likeness (QED) is 0.539. The SMILES string of the molecule is CC(=O)CCC(=O)OCC(=O)c1ccco1.